The quantitative estimate of drug-likeness (QED) is 0.673. The molecular formula is C19H15N3O5. The maximum atomic E-state index is 12.2. The third kappa shape index (κ3) is 4.37. The van der Waals surface area contributed by atoms with Gasteiger partial charge >= 0.3 is 12.0 Å². The van der Waals surface area contributed by atoms with Crippen molar-refractivity contribution < 1.29 is 23.5 Å². The average molecular weight is 365 g/mol. The molecule has 1 aromatic heterocycles. The number of hydrogen-bond donors (Lipinski definition) is 2. The van der Waals surface area contributed by atoms with Crippen LogP contribution in [0.1, 0.15) is 31.2 Å². The number of amides is 2. The van der Waals surface area contributed by atoms with E-state index in [2.05, 4.69) is 20.4 Å². The molecule has 2 N–H and O–H groups in total. The summed E-state index contributed by atoms with van der Waals surface area (Å²) in [6.45, 7) is 0. The van der Waals surface area contributed by atoms with Crippen LogP contribution in [0, 0.1) is 0 Å². The molecule has 0 unspecified atom stereocenters. The molecule has 2 aromatic carbocycles. The van der Waals surface area contributed by atoms with Crippen molar-refractivity contribution in [3.63, 3.8) is 0 Å². The van der Waals surface area contributed by atoms with Gasteiger partial charge in [0.15, 0.2) is 5.69 Å². The number of nitrogens with zero attached hydrogens (tertiary/aromatic N) is 1. The van der Waals surface area contributed by atoms with Gasteiger partial charge in [0.2, 0.25) is 0 Å². The van der Waals surface area contributed by atoms with E-state index < -0.39 is 17.8 Å². The number of methoxy groups -OCH3 is 1. The summed E-state index contributed by atoms with van der Waals surface area (Å²) in [6.07, 6.45) is 1.14. The molecule has 0 spiro atoms. The van der Waals surface area contributed by atoms with Gasteiger partial charge in [-0.05, 0) is 36.4 Å². The molecule has 0 atom stereocenters. The highest BCUT2D eigenvalue weighted by Crippen LogP contribution is 2.14. The van der Waals surface area contributed by atoms with Gasteiger partial charge in [-0.2, -0.15) is 4.98 Å². The summed E-state index contributed by atoms with van der Waals surface area (Å²) < 4.78 is 9.73. The molecule has 2 amide bonds. The van der Waals surface area contributed by atoms with Gasteiger partial charge in [-0.3, -0.25) is 14.9 Å². The fraction of sp³-hybridized carbons (Fsp3) is 0.0526. The van der Waals surface area contributed by atoms with Crippen molar-refractivity contribution >= 4 is 29.5 Å². The summed E-state index contributed by atoms with van der Waals surface area (Å²) in [6, 6.07) is 14.6. The van der Waals surface area contributed by atoms with Crippen LogP contribution in [0.2, 0.25) is 0 Å². The molecule has 0 bridgehead atoms. The van der Waals surface area contributed by atoms with E-state index >= 15 is 0 Å². The van der Waals surface area contributed by atoms with E-state index in [1.807, 2.05) is 0 Å². The minimum atomic E-state index is -0.523. The molecule has 3 rings (SSSR count). The number of carbonyl (C=O) groups excluding carboxylic acids is 3. The lowest BCUT2D eigenvalue weighted by Gasteiger charge is -2.04. The largest absolute Gasteiger partial charge is 0.465 e. The number of oxazole rings is 1. The highest BCUT2D eigenvalue weighted by Gasteiger charge is 2.15. The minimum absolute atomic E-state index is 0.00425. The second kappa shape index (κ2) is 7.96. The number of ether oxygens (including phenoxy) is 1. The molecule has 0 aliphatic carbocycles. The molecule has 0 saturated heterocycles. The lowest BCUT2D eigenvalue weighted by atomic mass is 10.2. The molecule has 0 aliphatic rings. The van der Waals surface area contributed by atoms with Crippen molar-refractivity contribution in [2.45, 2.75) is 0 Å². The maximum absolute atomic E-state index is 12.2. The van der Waals surface area contributed by atoms with Crippen molar-refractivity contribution in [2.75, 3.05) is 17.7 Å². The molecular weight excluding hydrogens is 350 g/mol. The van der Waals surface area contributed by atoms with Gasteiger partial charge in [-0.15, -0.1) is 0 Å². The SMILES string of the molecule is COC(=O)c1ccc(NC(=O)c2coc(NC(=O)c3ccccc3)n2)cc1. The minimum Gasteiger partial charge on any atom is -0.465 e. The van der Waals surface area contributed by atoms with Gasteiger partial charge in [-0.25, -0.2) is 4.79 Å². The Kier molecular flexibility index (Phi) is 5.27. The molecule has 1 heterocycles. The van der Waals surface area contributed by atoms with Crippen molar-refractivity contribution in [3.8, 4) is 0 Å². The zero-order chi connectivity index (χ0) is 19.2. The van der Waals surface area contributed by atoms with E-state index in [-0.39, 0.29) is 11.7 Å². The van der Waals surface area contributed by atoms with E-state index in [0.29, 0.717) is 16.8 Å². The van der Waals surface area contributed by atoms with Gasteiger partial charge < -0.3 is 14.5 Å². The third-order valence-corrected chi connectivity index (χ3v) is 3.56. The summed E-state index contributed by atoms with van der Waals surface area (Å²) in [5, 5.41) is 5.09. The van der Waals surface area contributed by atoms with Crippen molar-refractivity contribution in [2.24, 2.45) is 0 Å². The molecule has 0 fully saturated rings. The first kappa shape index (κ1) is 17.9. The van der Waals surface area contributed by atoms with Crippen LogP contribution in [0.4, 0.5) is 11.7 Å². The van der Waals surface area contributed by atoms with Gasteiger partial charge in [0.05, 0.1) is 12.7 Å². The summed E-state index contributed by atoms with van der Waals surface area (Å²) >= 11 is 0. The van der Waals surface area contributed by atoms with Gasteiger partial charge in [0.1, 0.15) is 6.26 Å². The van der Waals surface area contributed by atoms with Crippen LogP contribution in [0.25, 0.3) is 0 Å². The summed E-state index contributed by atoms with van der Waals surface area (Å²) in [5.74, 6) is -1.39. The second-order valence-corrected chi connectivity index (χ2v) is 5.38. The van der Waals surface area contributed by atoms with Crippen LogP contribution in [0.5, 0.6) is 0 Å². The first-order chi connectivity index (χ1) is 13.1. The van der Waals surface area contributed by atoms with Crippen LogP contribution >= 0.6 is 0 Å². The van der Waals surface area contributed by atoms with Crippen LogP contribution in [-0.4, -0.2) is 29.9 Å². The molecule has 3 aromatic rings. The van der Waals surface area contributed by atoms with Crippen molar-refractivity contribution in [1.29, 1.82) is 0 Å². The number of hydrogen-bond acceptors (Lipinski definition) is 6. The Morgan fingerprint density at radius 1 is 0.889 bits per heavy atom. The number of nitrogens with one attached hydrogen (secondary N) is 2. The third-order valence-electron chi connectivity index (χ3n) is 3.56. The summed E-state index contributed by atoms with van der Waals surface area (Å²) in [7, 11) is 1.29. The zero-order valence-corrected chi connectivity index (χ0v) is 14.3. The topological polar surface area (TPSA) is 111 Å². The highest BCUT2D eigenvalue weighted by atomic mass is 16.5. The van der Waals surface area contributed by atoms with Crippen LogP contribution < -0.4 is 10.6 Å². The first-order valence-corrected chi connectivity index (χ1v) is 7.88. The van der Waals surface area contributed by atoms with Gasteiger partial charge in [-0.1, -0.05) is 18.2 Å². The van der Waals surface area contributed by atoms with Gasteiger partial charge in [0, 0.05) is 11.3 Å². The Morgan fingerprint density at radius 3 is 2.26 bits per heavy atom. The van der Waals surface area contributed by atoms with E-state index in [0.717, 1.165) is 6.26 Å². The average Bonchev–Trinajstić information content (AvgIpc) is 3.17. The van der Waals surface area contributed by atoms with Crippen LogP contribution in [0.15, 0.2) is 65.3 Å². The van der Waals surface area contributed by atoms with E-state index in [1.54, 1.807) is 42.5 Å². The van der Waals surface area contributed by atoms with E-state index in [1.165, 1.54) is 19.2 Å². The second-order valence-electron chi connectivity index (χ2n) is 5.38. The van der Waals surface area contributed by atoms with Gasteiger partial charge in [0.25, 0.3) is 11.8 Å². The lowest BCUT2D eigenvalue weighted by molar-refractivity contribution is 0.0600. The highest BCUT2D eigenvalue weighted by molar-refractivity contribution is 6.05. The molecule has 27 heavy (non-hydrogen) atoms. The number of anilines is 2. The summed E-state index contributed by atoms with van der Waals surface area (Å²) in [4.78, 5) is 39.6. The smallest absolute Gasteiger partial charge is 0.337 e. The Hall–Kier alpha value is -3.94. The number of benzene rings is 2. The van der Waals surface area contributed by atoms with Crippen LogP contribution in [0.3, 0.4) is 0 Å². The number of aromatic nitrogens is 1. The predicted octanol–water partition coefficient (Wildman–Crippen LogP) is 2.97. The lowest BCUT2D eigenvalue weighted by Crippen LogP contribution is -2.14. The summed E-state index contributed by atoms with van der Waals surface area (Å²) in [5.41, 5.74) is 1.26. The maximum Gasteiger partial charge on any atom is 0.337 e. The van der Waals surface area contributed by atoms with Crippen molar-refractivity contribution in [3.05, 3.63) is 77.7 Å². The standard InChI is InChI=1S/C19H15N3O5/c1-26-18(25)13-7-9-14(10-8-13)20-17(24)15-11-27-19(21-15)22-16(23)12-5-3-2-4-6-12/h2-11H,1H3,(H,20,24)(H,21,22,23). The van der Waals surface area contributed by atoms with Crippen molar-refractivity contribution in [1.82, 2.24) is 4.98 Å². The van der Waals surface area contributed by atoms with E-state index in [9.17, 15) is 14.4 Å². The number of esters is 1. The number of rotatable bonds is 5. The zero-order valence-electron chi connectivity index (χ0n) is 14.3. The molecule has 0 radical (unpaired) electrons. The molecule has 0 aliphatic heterocycles. The molecule has 136 valence electrons. The fourth-order valence-corrected chi connectivity index (χ4v) is 2.20. The Bertz CT molecular complexity index is 965. The Morgan fingerprint density at radius 2 is 1.59 bits per heavy atom. The molecule has 8 nitrogen and oxygen atoms in total. The Balaban J connectivity index is 1.63. The Labute approximate surface area is 154 Å². The molecule has 8 heteroatoms. The fourth-order valence-electron chi connectivity index (χ4n) is 2.20. The molecule has 0 saturated carbocycles. The monoisotopic (exact) mass is 365 g/mol. The van der Waals surface area contributed by atoms with Crippen LogP contribution in [-0.2, 0) is 4.74 Å². The van der Waals surface area contributed by atoms with E-state index in [4.69, 9.17) is 4.42 Å². The normalized spacial score (nSPS) is 10.1. The first-order valence-electron chi connectivity index (χ1n) is 7.88. The number of carbonyl (C=O) groups is 3. The predicted molar refractivity (Wildman–Crippen MR) is 96.6 cm³/mol.